The largest absolute Gasteiger partial charge is 0.494 e. The van der Waals surface area contributed by atoms with Gasteiger partial charge in [-0.2, -0.15) is 5.10 Å². The molecule has 35 heavy (non-hydrogen) atoms. The number of piperidine rings is 1. The van der Waals surface area contributed by atoms with Crippen LogP contribution in [0.3, 0.4) is 0 Å². The first-order valence-electron chi connectivity index (χ1n) is 12.3. The summed E-state index contributed by atoms with van der Waals surface area (Å²) < 4.78 is 6.86. The average Bonchev–Trinajstić information content (AvgIpc) is 3.23. The topological polar surface area (TPSA) is 77.3 Å². The molecule has 0 spiro atoms. The second-order valence-corrected chi connectivity index (χ2v) is 10.3. The molecule has 1 aliphatic heterocycles. The summed E-state index contributed by atoms with van der Waals surface area (Å²) in [6.07, 6.45) is 4.19. The Morgan fingerprint density at radius 1 is 1.11 bits per heavy atom. The van der Waals surface area contributed by atoms with E-state index >= 15 is 0 Å². The van der Waals surface area contributed by atoms with Crippen LogP contribution in [0.25, 0.3) is 10.6 Å². The van der Waals surface area contributed by atoms with E-state index in [1.807, 2.05) is 44.7 Å². The van der Waals surface area contributed by atoms with E-state index in [0.29, 0.717) is 33.7 Å². The lowest BCUT2D eigenvalue weighted by atomic mass is 9.90. The van der Waals surface area contributed by atoms with Gasteiger partial charge in [0.15, 0.2) is 0 Å². The van der Waals surface area contributed by atoms with Crippen molar-refractivity contribution in [1.29, 1.82) is 0 Å². The number of hydrogen-bond acceptors (Lipinski definition) is 6. The molecule has 0 unspecified atom stereocenters. The first-order valence-corrected chi connectivity index (χ1v) is 13.1. The number of ether oxygens (including phenoxy) is 1. The summed E-state index contributed by atoms with van der Waals surface area (Å²) >= 11 is 1.32. The van der Waals surface area contributed by atoms with Gasteiger partial charge in [0.25, 0.3) is 11.5 Å². The molecule has 3 heterocycles. The fourth-order valence-corrected chi connectivity index (χ4v) is 5.79. The van der Waals surface area contributed by atoms with Gasteiger partial charge in [-0.3, -0.25) is 9.59 Å². The van der Waals surface area contributed by atoms with Gasteiger partial charge in [0.1, 0.15) is 15.6 Å². The van der Waals surface area contributed by atoms with Crippen LogP contribution in [0, 0.1) is 26.7 Å². The van der Waals surface area contributed by atoms with Crippen LogP contribution >= 0.6 is 11.3 Å². The number of amides is 1. The standard InChI is InChI=1S/C27H34N4O3S/c1-6-34-22-11-9-20(10-12-22)7-8-21-13-15-31(16-14-21)27(33)24-19(4)28-25(35-24)23-17(2)18(3)29-30(5)26(23)32/h9-12,21H,6-8,13-16H2,1-5H3. The number of nitrogens with zero attached hydrogens (tertiary/aromatic N) is 4. The Morgan fingerprint density at radius 3 is 2.46 bits per heavy atom. The first-order chi connectivity index (χ1) is 16.8. The van der Waals surface area contributed by atoms with Crippen molar-refractivity contribution in [2.24, 2.45) is 13.0 Å². The fraction of sp³-hybridized carbons (Fsp3) is 0.481. The quantitative estimate of drug-likeness (QED) is 0.475. The maximum atomic E-state index is 13.3. The van der Waals surface area contributed by atoms with E-state index in [1.54, 1.807) is 7.05 Å². The summed E-state index contributed by atoms with van der Waals surface area (Å²) in [5.74, 6) is 1.56. The summed E-state index contributed by atoms with van der Waals surface area (Å²) in [5, 5.41) is 4.85. The molecule has 8 heteroatoms. The minimum Gasteiger partial charge on any atom is -0.494 e. The molecular weight excluding hydrogens is 460 g/mol. The zero-order valence-corrected chi connectivity index (χ0v) is 22.1. The van der Waals surface area contributed by atoms with Crippen molar-refractivity contribution in [2.75, 3.05) is 19.7 Å². The smallest absolute Gasteiger partial charge is 0.277 e. The van der Waals surface area contributed by atoms with Crippen LogP contribution in [0.15, 0.2) is 29.1 Å². The monoisotopic (exact) mass is 494 g/mol. The van der Waals surface area contributed by atoms with Crippen molar-refractivity contribution in [3.63, 3.8) is 0 Å². The van der Waals surface area contributed by atoms with Crippen molar-refractivity contribution < 1.29 is 9.53 Å². The highest BCUT2D eigenvalue weighted by atomic mass is 32.1. The van der Waals surface area contributed by atoms with Gasteiger partial charge in [0.2, 0.25) is 0 Å². The van der Waals surface area contributed by atoms with E-state index in [0.717, 1.165) is 55.8 Å². The van der Waals surface area contributed by atoms with Crippen LogP contribution in [0.5, 0.6) is 5.75 Å². The molecule has 1 aliphatic rings. The molecule has 0 saturated carbocycles. The van der Waals surface area contributed by atoms with Gasteiger partial charge < -0.3 is 9.64 Å². The molecule has 0 bridgehead atoms. The van der Waals surface area contributed by atoms with Crippen LogP contribution in [0.4, 0.5) is 0 Å². The fourth-order valence-electron chi connectivity index (χ4n) is 4.66. The molecule has 3 aromatic rings. The van der Waals surface area contributed by atoms with Crippen LogP contribution in [-0.4, -0.2) is 45.3 Å². The normalized spacial score (nSPS) is 14.4. The number of benzene rings is 1. The molecular formula is C27H34N4O3S. The molecule has 4 rings (SSSR count). The molecule has 7 nitrogen and oxygen atoms in total. The Kier molecular flexibility index (Phi) is 7.69. The number of aryl methyl sites for hydroxylation is 4. The predicted octanol–water partition coefficient (Wildman–Crippen LogP) is 4.71. The molecule has 1 fully saturated rings. The van der Waals surface area contributed by atoms with Crippen molar-refractivity contribution in [3.05, 3.63) is 62.0 Å². The predicted molar refractivity (Wildman–Crippen MR) is 139 cm³/mol. The Bertz CT molecular complexity index is 1250. The highest BCUT2D eigenvalue weighted by molar-refractivity contribution is 7.17. The van der Waals surface area contributed by atoms with Gasteiger partial charge in [-0.1, -0.05) is 12.1 Å². The van der Waals surface area contributed by atoms with Gasteiger partial charge in [-0.15, -0.1) is 11.3 Å². The third-order valence-corrected chi connectivity index (χ3v) is 8.07. The number of likely N-dealkylation sites (tertiary alicyclic amines) is 1. The first kappa shape index (κ1) is 25.1. The number of thiazole rings is 1. The molecule has 186 valence electrons. The van der Waals surface area contributed by atoms with Crippen LogP contribution in [0.2, 0.25) is 0 Å². The number of hydrogen-bond donors (Lipinski definition) is 0. The maximum Gasteiger partial charge on any atom is 0.277 e. The lowest BCUT2D eigenvalue weighted by Crippen LogP contribution is -2.38. The molecule has 0 atom stereocenters. The Morgan fingerprint density at radius 2 is 1.80 bits per heavy atom. The lowest BCUT2D eigenvalue weighted by Gasteiger charge is -2.32. The third-order valence-electron chi connectivity index (χ3n) is 6.91. The second kappa shape index (κ2) is 10.7. The van der Waals surface area contributed by atoms with Crippen molar-refractivity contribution >= 4 is 17.2 Å². The van der Waals surface area contributed by atoms with Crippen molar-refractivity contribution in [2.45, 2.75) is 53.4 Å². The molecule has 0 aliphatic carbocycles. The molecule has 0 radical (unpaired) electrons. The Hall–Kier alpha value is -3.00. The Balaban J connectivity index is 1.38. The number of carbonyl (C=O) groups excluding carboxylic acids is 1. The van der Waals surface area contributed by atoms with E-state index in [4.69, 9.17) is 4.74 Å². The summed E-state index contributed by atoms with van der Waals surface area (Å²) in [6, 6.07) is 8.37. The number of aromatic nitrogens is 3. The number of rotatable bonds is 7. The summed E-state index contributed by atoms with van der Waals surface area (Å²) in [4.78, 5) is 33.3. The minimum atomic E-state index is -0.186. The maximum absolute atomic E-state index is 13.3. The van der Waals surface area contributed by atoms with Crippen LogP contribution in [-0.2, 0) is 13.5 Å². The van der Waals surface area contributed by atoms with Gasteiger partial charge in [0, 0.05) is 20.1 Å². The summed E-state index contributed by atoms with van der Waals surface area (Å²) in [7, 11) is 1.64. The van der Waals surface area contributed by atoms with Crippen molar-refractivity contribution in [3.8, 4) is 16.3 Å². The summed E-state index contributed by atoms with van der Waals surface area (Å²) in [6.45, 7) is 9.81. The van der Waals surface area contributed by atoms with E-state index in [1.165, 1.54) is 21.6 Å². The van der Waals surface area contributed by atoms with Gasteiger partial charge in [-0.05, 0) is 82.6 Å². The van der Waals surface area contributed by atoms with Crippen LogP contribution in [0.1, 0.15) is 58.4 Å². The highest BCUT2D eigenvalue weighted by Crippen LogP contribution is 2.31. The zero-order valence-electron chi connectivity index (χ0n) is 21.3. The highest BCUT2D eigenvalue weighted by Gasteiger charge is 2.27. The van der Waals surface area contributed by atoms with Crippen LogP contribution < -0.4 is 10.3 Å². The lowest BCUT2D eigenvalue weighted by molar-refractivity contribution is 0.0691. The van der Waals surface area contributed by atoms with Gasteiger partial charge in [-0.25, -0.2) is 9.67 Å². The number of carbonyl (C=O) groups is 1. The van der Waals surface area contributed by atoms with E-state index in [9.17, 15) is 9.59 Å². The minimum absolute atomic E-state index is 0.0245. The molecule has 2 aromatic heterocycles. The third kappa shape index (κ3) is 5.48. The SMILES string of the molecule is CCOc1ccc(CCC2CCN(C(=O)c3sc(-c4c(C)c(C)nn(C)c4=O)nc3C)CC2)cc1. The van der Waals surface area contributed by atoms with Gasteiger partial charge in [0.05, 0.1) is 23.6 Å². The molecule has 1 aromatic carbocycles. The van der Waals surface area contributed by atoms with Crippen molar-refractivity contribution in [1.82, 2.24) is 19.7 Å². The van der Waals surface area contributed by atoms with Gasteiger partial charge >= 0.3 is 0 Å². The molecule has 1 saturated heterocycles. The molecule has 1 amide bonds. The second-order valence-electron chi connectivity index (χ2n) is 9.30. The van der Waals surface area contributed by atoms with E-state index in [-0.39, 0.29) is 11.5 Å². The average molecular weight is 495 g/mol. The van der Waals surface area contributed by atoms with E-state index < -0.39 is 0 Å². The Labute approximate surface area is 210 Å². The zero-order chi connectivity index (χ0) is 25.1. The summed E-state index contributed by atoms with van der Waals surface area (Å²) in [5.41, 5.74) is 3.97. The molecule has 0 N–H and O–H groups in total. The van der Waals surface area contributed by atoms with E-state index in [2.05, 4.69) is 22.2 Å².